The van der Waals surface area contributed by atoms with E-state index in [0.29, 0.717) is 11.9 Å². The van der Waals surface area contributed by atoms with Crippen LogP contribution in [0.2, 0.25) is 5.28 Å². The Morgan fingerprint density at radius 1 is 1.35 bits per heavy atom. The van der Waals surface area contributed by atoms with E-state index < -0.39 is 0 Å². The second-order valence-electron chi connectivity index (χ2n) is 3.97. The first-order valence-electron chi connectivity index (χ1n) is 5.74. The molecule has 0 aliphatic carbocycles. The van der Waals surface area contributed by atoms with Crippen molar-refractivity contribution >= 4 is 17.5 Å². The van der Waals surface area contributed by atoms with Crippen LogP contribution in [0.1, 0.15) is 18.5 Å². The van der Waals surface area contributed by atoms with Crippen molar-refractivity contribution in [1.29, 1.82) is 0 Å². The van der Waals surface area contributed by atoms with Crippen LogP contribution in [0.5, 0.6) is 0 Å². The third-order valence-electron chi connectivity index (χ3n) is 2.58. The fourth-order valence-electron chi connectivity index (χ4n) is 1.59. The minimum atomic E-state index is -0.0317. The molecule has 0 amide bonds. The molecule has 20 heavy (non-hydrogen) atoms. The van der Waals surface area contributed by atoms with E-state index in [2.05, 4.69) is 40.5 Å². The van der Waals surface area contributed by atoms with Crippen LogP contribution in [-0.4, -0.2) is 39.9 Å². The van der Waals surface area contributed by atoms with E-state index >= 15 is 0 Å². The Bertz CT molecular complexity index is 679. The lowest BCUT2D eigenvalue weighted by Gasteiger charge is -2.12. The number of nitrogens with one attached hydrogen (secondary N) is 2. The topological polar surface area (TPSA) is 110 Å². The van der Waals surface area contributed by atoms with Gasteiger partial charge in [-0.3, -0.25) is 5.10 Å². The molecule has 1 unspecified atom stereocenters. The molecule has 2 N–H and O–H groups in total. The number of hydrogen-bond acceptors (Lipinski definition) is 7. The maximum Gasteiger partial charge on any atom is 0.258 e. The minimum absolute atomic E-state index is 0.0317. The van der Waals surface area contributed by atoms with Crippen LogP contribution in [0.4, 0.5) is 5.95 Å². The minimum Gasteiger partial charge on any atom is -0.347 e. The normalized spacial score (nSPS) is 12.3. The lowest BCUT2D eigenvalue weighted by Crippen LogP contribution is -2.12. The Balaban J connectivity index is 1.87. The van der Waals surface area contributed by atoms with Crippen LogP contribution >= 0.6 is 11.6 Å². The molecule has 3 heterocycles. The van der Waals surface area contributed by atoms with E-state index in [1.807, 2.05) is 6.92 Å². The quantitative estimate of drug-likeness (QED) is 0.738. The number of hydrogen-bond donors (Lipinski definition) is 2. The average Bonchev–Trinajstić information content (AvgIpc) is 3.12. The van der Waals surface area contributed by atoms with Gasteiger partial charge in [0.1, 0.15) is 12.7 Å². The zero-order valence-corrected chi connectivity index (χ0v) is 11.2. The lowest BCUT2D eigenvalue weighted by molar-refractivity contribution is 0.782. The summed E-state index contributed by atoms with van der Waals surface area (Å²) in [5, 5.41) is 13.8. The second-order valence-corrected chi connectivity index (χ2v) is 4.30. The van der Waals surface area contributed by atoms with Crippen molar-refractivity contribution in [1.82, 2.24) is 39.9 Å². The summed E-state index contributed by atoms with van der Waals surface area (Å²) in [6.45, 7) is 1.96. The van der Waals surface area contributed by atoms with Crippen molar-refractivity contribution in [2.75, 3.05) is 5.32 Å². The standard InChI is InChI=1S/C10H10ClN9/c1-6(7-2-13-14-3-7)16-9-17-8(11)18-10(19-9)20-5-12-4-15-20/h2-6H,1H3,(H,13,14)(H,16,17,18,19). The molecule has 0 saturated heterocycles. The summed E-state index contributed by atoms with van der Waals surface area (Å²) in [4.78, 5) is 16.1. The van der Waals surface area contributed by atoms with Gasteiger partial charge in [0.05, 0.1) is 12.2 Å². The van der Waals surface area contributed by atoms with Crippen molar-refractivity contribution in [2.45, 2.75) is 13.0 Å². The molecule has 0 spiro atoms. The van der Waals surface area contributed by atoms with Gasteiger partial charge in [-0.1, -0.05) is 0 Å². The average molecular weight is 292 g/mol. The monoisotopic (exact) mass is 291 g/mol. The van der Waals surface area contributed by atoms with E-state index in [1.54, 1.807) is 12.4 Å². The predicted octanol–water partition coefficient (Wildman–Crippen LogP) is 1.00. The first-order valence-corrected chi connectivity index (χ1v) is 6.12. The van der Waals surface area contributed by atoms with Gasteiger partial charge in [0.15, 0.2) is 0 Å². The largest absolute Gasteiger partial charge is 0.347 e. The molecule has 3 rings (SSSR count). The number of aromatic amines is 1. The van der Waals surface area contributed by atoms with Crippen LogP contribution in [0.15, 0.2) is 25.0 Å². The molecule has 0 radical (unpaired) electrons. The van der Waals surface area contributed by atoms with Gasteiger partial charge >= 0.3 is 0 Å². The van der Waals surface area contributed by atoms with Gasteiger partial charge in [-0.25, -0.2) is 4.98 Å². The summed E-state index contributed by atoms with van der Waals surface area (Å²) >= 11 is 5.89. The molecule has 0 aliphatic heterocycles. The van der Waals surface area contributed by atoms with Gasteiger partial charge in [-0.2, -0.15) is 29.8 Å². The highest BCUT2D eigenvalue weighted by Gasteiger charge is 2.11. The molecule has 0 aromatic carbocycles. The summed E-state index contributed by atoms with van der Waals surface area (Å²) < 4.78 is 1.40. The fraction of sp³-hybridized carbons (Fsp3) is 0.200. The van der Waals surface area contributed by atoms with E-state index in [1.165, 1.54) is 17.3 Å². The summed E-state index contributed by atoms with van der Waals surface area (Å²) in [6, 6.07) is -0.0317. The van der Waals surface area contributed by atoms with Crippen LogP contribution in [-0.2, 0) is 0 Å². The molecule has 3 aromatic rings. The van der Waals surface area contributed by atoms with Crippen molar-refractivity contribution in [3.63, 3.8) is 0 Å². The molecular weight excluding hydrogens is 282 g/mol. The van der Waals surface area contributed by atoms with Crippen molar-refractivity contribution < 1.29 is 0 Å². The van der Waals surface area contributed by atoms with Gasteiger partial charge in [0.25, 0.3) is 5.95 Å². The molecule has 0 saturated carbocycles. The van der Waals surface area contributed by atoms with Gasteiger partial charge in [0, 0.05) is 11.8 Å². The molecule has 9 nitrogen and oxygen atoms in total. The van der Waals surface area contributed by atoms with Crippen molar-refractivity contribution in [3.8, 4) is 5.95 Å². The maximum absolute atomic E-state index is 5.89. The number of halogens is 1. The smallest absolute Gasteiger partial charge is 0.258 e. The maximum atomic E-state index is 5.89. The number of aromatic nitrogens is 8. The van der Waals surface area contributed by atoms with Gasteiger partial charge < -0.3 is 5.32 Å². The Morgan fingerprint density at radius 2 is 2.25 bits per heavy atom. The number of anilines is 1. The van der Waals surface area contributed by atoms with Gasteiger partial charge in [0.2, 0.25) is 11.2 Å². The highest BCUT2D eigenvalue weighted by Crippen LogP contribution is 2.16. The van der Waals surface area contributed by atoms with Crippen LogP contribution in [0, 0.1) is 0 Å². The molecule has 1 atom stereocenters. The zero-order valence-electron chi connectivity index (χ0n) is 10.4. The summed E-state index contributed by atoms with van der Waals surface area (Å²) in [7, 11) is 0. The molecule has 10 heteroatoms. The molecule has 102 valence electrons. The van der Waals surface area contributed by atoms with E-state index in [9.17, 15) is 0 Å². The molecule has 3 aromatic heterocycles. The molecule has 0 fully saturated rings. The summed E-state index contributed by atoms with van der Waals surface area (Å²) in [5.41, 5.74) is 0.976. The third-order valence-corrected chi connectivity index (χ3v) is 2.75. The van der Waals surface area contributed by atoms with Gasteiger partial charge in [-0.05, 0) is 18.5 Å². The van der Waals surface area contributed by atoms with E-state index in [0.717, 1.165) is 5.56 Å². The lowest BCUT2D eigenvalue weighted by atomic mass is 10.2. The van der Waals surface area contributed by atoms with Crippen LogP contribution < -0.4 is 5.32 Å². The predicted molar refractivity (Wildman–Crippen MR) is 70.4 cm³/mol. The SMILES string of the molecule is CC(Nc1nc(Cl)nc(-n2cncn2)n1)c1cn[nH]c1. The highest BCUT2D eigenvalue weighted by atomic mass is 35.5. The van der Waals surface area contributed by atoms with Crippen LogP contribution in [0.25, 0.3) is 5.95 Å². The summed E-state index contributed by atoms with van der Waals surface area (Å²) in [6.07, 6.45) is 6.38. The van der Waals surface area contributed by atoms with Gasteiger partial charge in [-0.15, -0.1) is 0 Å². The zero-order chi connectivity index (χ0) is 13.9. The first-order chi connectivity index (χ1) is 9.72. The Morgan fingerprint density at radius 3 is 2.95 bits per heavy atom. The van der Waals surface area contributed by atoms with E-state index in [-0.39, 0.29) is 11.3 Å². The number of nitrogens with zero attached hydrogens (tertiary/aromatic N) is 7. The van der Waals surface area contributed by atoms with E-state index in [4.69, 9.17) is 11.6 Å². The molecule has 0 aliphatic rings. The van der Waals surface area contributed by atoms with Crippen molar-refractivity contribution in [2.24, 2.45) is 0 Å². The number of H-pyrrole nitrogens is 1. The van der Waals surface area contributed by atoms with Crippen molar-refractivity contribution in [3.05, 3.63) is 35.9 Å². The van der Waals surface area contributed by atoms with Crippen LogP contribution in [0.3, 0.4) is 0 Å². The Kier molecular flexibility index (Phi) is 3.25. The summed E-state index contributed by atoms with van der Waals surface area (Å²) in [5.74, 6) is 0.647. The second kappa shape index (κ2) is 5.21. The Labute approximate surface area is 118 Å². The fourth-order valence-corrected chi connectivity index (χ4v) is 1.75. The first kappa shape index (κ1) is 12.5. The highest BCUT2D eigenvalue weighted by molar-refractivity contribution is 6.28. The molecular formula is C10H10ClN9. The number of rotatable bonds is 4. The third kappa shape index (κ3) is 2.57. The molecule has 0 bridgehead atoms. The Hall–Kier alpha value is -2.55.